The molecule has 12 heteroatoms. The zero-order valence-corrected chi connectivity index (χ0v) is 15.7. The number of anilines is 2. The van der Waals surface area contributed by atoms with Crippen molar-refractivity contribution in [3.05, 3.63) is 57.7 Å². The van der Waals surface area contributed by atoms with Gasteiger partial charge in [-0.2, -0.15) is 0 Å². The smallest absolute Gasteiger partial charge is 0.279 e. The lowest BCUT2D eigenvalue weighted by atomic mass is 10.1. The number of hydrogen-bond donors (Lipinski definition) is 2. The van der Waals surface area contributed by atoms with Crippen molar-refractivity contribution in [1.82, 2.24) is 14.5 Å². The topological polar surface area (TPSA) is 88.9 Å². The Labute approximate surface area is 165 Å². The number of hydrogen-bond acceptors (Lipinski definition) is 5. The Kier molecular flexibility index (Phi) is 5.66. The molecule has 0 unspecified atom stereocenters. The minimum absolute atomic E-state index is 0.00748. The van der Waals surface area contributed by atoms with E-state index >= 15 is 0 Å². The van der Waals surface area contributed by atoms with Crippen LogP contribution in [0.5, 0.6) is 0 Å². The van der Waals surface area contributed by atoms with Crippen molar-refractivity contribution in [2.24, 2.45) is 7.05 Å². The molecule has 146 valence electrons. The van der Waals surface area contributed by atoms with Gasteiger partial charge in [0.2, 0.25) is 5.91 Å². The zero-order valence-electron chi connectivity index (χ0n) is 14.1. The summed E-state index contributed by atoms with van der Waals surface area (Å²) in [5, 5.41) is 5.08. The van der Waals surface area contributed by atoms with E-state index in [0.717, 1.165) is 11.3 Å². The molecule has 0 atom stereocenters. The fourth-order valence-corrected chi connectivity index (χ4v) is 3.10. The van der Waals surface area contributed by atoms with E-state index in [-0.39, 0.29) is 16.6 Å². The summed E-state index contributed by atoms with van der Waals surface area (Å²) in [6.45, 7) is 0. The van der Waals surface area contributed by atoms with Crippen LogP contribution in [0, 0.1) is 17.5 Å². The van der Waals surface area contributed by atoms with Gasteiger partial charge in [-0.1, -0.05) is 22.9 Å². The molecule has 1 aromatic carbocycles. The highest BCUT2D eigenvalue weighted by Gasteiger charge is 2.21. The summed E-state index contributed by atoms with van der Waals surface area (Å²) in [4.78, 5) is 32.4. The largest absolute Gasteiger partial charge is 0.320 e. The van der Waals surface area contributed by atoms with Gasteiger partial charge in [0, 0.05) is 24.7 Å². The third-order valence-electron chi connectivity index (χ3n) is 3.55. The van der Waals surface area contributed by atoms with Crippen molar-refractivity contribution in [2.45, 2.75) is 6.42 Å². The van der Waals surface area contributed by atoms with E-state index in [1.807, 2.05) is 0 Å². The SMILES string of the molecule is Cn1cnc(C(=O)Nc2ncc(Cl)s2)c1NC(=O)Cc1c(F)cc(F)cc1F. The number of nitrogens with zero attached hydrogens (tertiary/aromatic N) is 3. The molecule has 0 fully saturated rings. The van der Waals surface area contributed by atoms with Gasteiger partial charge in [0.1, 0.15) is 27.6 Å². The van der Waals surface area contributed by atoms with Gasteiger partial charge in [0.15, 0.2) is 10.8 Å². The molecule has 2 heterocycles. The van der Waals surface area contributed by atoms with Crippen LogP contribution in [0.25, 0.3) is 0 Å². The van der Waals surface area contributed by atoms with Gasteiger partial charge < -0.3 is 9.88 Å². The molecule has 2 N–H and O–H groups in total. The summed E-state index contributed by atoms with van der Waals surface area (Å²) in [7, 11) is 1.51. The second kappa shape index (κ2) is 7.98. The first-order chi connectivity index (χ1) is 13.2. The van der Waals surface area contributed by atoms with Crippen LogP contribution in [-0.4, -0.2) is 26.3 Å². The fourth-order valence-electron chi connectivity index (χ4n) is 2.29. The molecule has 7 nitrogen and oxygen atoms in total. The molecule has 3 rings (SSSR count). The average Bonchev–Trinajstić information content (AvgIpc) is 3.17. The predicted octanol–water partition coefficient (Wildman–Crippen LogP) is 3.38. The first-order valence-corrected chi connectivity index (χ1v) is 8.81. The van der Waals surface area contributed by atoms with E-state index in [2.05, 4.69) is 20.6 Å². The molecular weight excluding hydrogens is 419 g/mol. The first kappa shape index (κ1) is 19.8. The number of benzene rings is 1. The normalized spacial score (nSPS) is 10.8. The monoisotopic (exact) mass is 429 g/mol. The molecule has 0 aliphatic rings. The lowest BCUT2D eigenvalue weighted by Crippen LogP contribution is -2.21. The Morgan fingerprint density at radius 1 is 1.18 bits per heavy atom. The number of rotatable bonds is 5. The van der Waals surface area contributed by atoms with Crippen molar-refractivity contribution in [3.8, 4) is 0 Å². The Hall–Kier alpha value is -2.92. The molecule has 2 amide bonds. The fraction of sp³-hybridized carbons (Fsp3) is 0.125. The molecule has 0 spiro atoms. The van der Waals surface area contributed by atoms with Crippen molar-refractivity contribution in [2.75, 3.05) is 10.6 Å². The minimum Gasteiger partial charge on any atom is -0.320 e. The van der Waals surface area contributed by atoms with Gasteiger partial charge >= 0.3 is 0 Å². The highest BCUT2D eigenvalue weighted by atomic mass is 35.5. The summed E-state index contributed by atoms with van der Waals surface area (Å²) in [6, 6.07) is 0.960. The lowest BCUT2D eigenvalue weighted by Gasteiger charge is -2.09. The third kappa shape index (κ3) is 4.31. The second-order valence-corrected chi connectivity index (χ2v) is 7.21. The molecule has 3 aromatic rings. The van der Waals surface area contributed by atoms with Crippen LogP contribution in [0.4, 0.5) is 24.1 Å². The summed E-state index contributed by atoms with van der Waals surface area (Å²) in [5.41, 5.74) is -0.730. The van der Waals surface area contributed by atoms with E-state index in [9.17, 15) is 22.8 Å². The Morgan fingerprint density at radius 2 is 1.86 bits per heavy atom. The van der Waals surface area contributed by atoms with Gasteiger partial charge in [-0.25, -0.2) is 23.1 Å². The quantitative estimate of drug-likeness (QED) is 0.650. The van der Waals surface area contributed by atoms with Crippen LogP contribution in [0.15, 0.2) is 24.7 Å². The number of thiazole rings is 1. The maximum Gasteiger partial charge on any atom is 0.279 e. The number of aryl methyl sites for hydroxylation is 1. The molecular formula is C16H11ClF3N5O2S. The summed E-state index contributed by atoms with van der Waals surface area (Å²) >= 11 is 6.78. The minimum atomic E-state index is -1.18. The number of amides is 2. The molecule has 0 saturated carbocycles. The standard InChI is InChI=1S/C16H11ClF3N5O2S/c1-25-6-22-13(15(27)24-16-21-5-11(17)28-16)14(25)23-12(26)4-8-9(19)2-7(18)3-10(8)20/h2-3,5-6H,4H2,1H3,(H,23,26)(H,21,24,27). The maximum absolute atomic E-state index is 13.7. The predicted molar refractivity (Wildman–Crippen MR) is 96.9 cm³/mol. The number of aromatic nitrogens is 3. The number of nitrogens with one attached hydrogen (secondary N) is 2. The lowest BCUT2D eigenvalue weighted by molar-refractivity contribution is -0.115. The summed E-state index contributed by atoms with van der Waals surface area (Å²) in [6.07, 6.45) is 1.93. The van der Waals surface area contributed by atoms with E-state index in [1.54, 1.807) is 0 Å². The van der Waals surface area contributed by atoms with Crippen LogP contribution in [0.2, 0.25) is 4.34 Å². The van der Waals surface area contributed by atoms with E-state index in [0.29, 0.717) is 16.5 Å². The van der Waals surface area contributed by atoms with Gasteiger partial charge in [-0.05, 0) is 0 Å². The Morgan fingerprint density at radius 3 is 2.46 bits per heavy atom. The molecule has 2 aromatic heterocycles. The van der Waals surface area contributed by atoms with Crippen LogP contribution >= 0.6 is 22.9 Å². The molecule has 0 aliphatic heterocycles. The van der Waals surface area contributed by atoms with Gasteiger partial charge in [0.25, 0.3) is 5.91 Å². The first-order valence-electron chi connectivity index (χ1n) is 7.62. The van der Waals surface area contributed by atoms with E-state index in [1.165, 1.54) is 24.1 Å². The number of carbonyl (C=O) groups is 2. The highest BCUT2D eigenvalue weighted by Crippen LogP contribution is 2.24. The molecule has 0 aliphatic carbocycles. The Balaban J connectivity index is 1.77. The molecule has 0 radical (unpaired) electrons. The highest BCUT2D eigenvalue weighted by molar-refractivity contribution is 7.19. The van der Waals surface area contributed by atoms with E-state index in [4.69, 9.17) is 11.6 Å². The number of imidazole rings is 1. The third-order valence-corrected chi connectivity index (χ3v) is 4.58. The van der Waals surface area contributed by atoms with Crippen molar-refractivity contribution >= 4 is 45.7 Å². The van der Waals surface area contributed by atoms with Crippen LogP contribution < -0.4 is 10.6 Å². The zero-order chi connectivity index (χ0) is 20.4. The van der Waals surface area contributed by atoms with Crippen LogP contribution in [0.1, 0.15) is 16.1 Å². The average molecular weight is 430 g/mol. The van der Waals surface area contributed by atoms with E-state index < -0.39 is 41.3 Å². The second-order valence-electron chi connectivity index (χ2n) is 5.55. The Bertz CT molecular complexity index is 1050. The van der Waals surface area contributed by atoms with Gasteiger partial charge in [-0.15, -0.1) is 0 Å². The molecule has 28 heavy (non-hydrogen) atoms. The summed E-state index contributed by atoms with van der Waals surface area (Å²) in [5.74, 6) is -4.94. The number of carbonyl (C=O) groups excluding carboxylic acids is 2. The molecule has 0 bridgehead atoms. The van der Waals surface area contributed by atoms with Crippen LogP contribution in [-0.2, 0) is 18.3 Å². The summed E-state index contributed by atoms with van der Waals surface area (Å²) < 4.78 is 42.1. The van der Waals surface area contributed by atoms with Gasteiger partial charge in [-0.3, -0.25) is 14.9 Å². The maximum atomic E-state index is 13.7. The van der Waals surface area contributed by atoms with Crippen LogP contribution in [0.3, 0.4) is 0 Å². The van der Waals surface area contributed by atoms with Crippen molar-refractivity contribution in [3.63, 3.8) is 0 Å². The van der Waals surface area contributed by atoms with Crippen molar-refractivity contribution < 1.29 is 22.8 Å². The van der Waals surface area contributed by atoms with Gasteiger partial charge in [0.05, 0.1) is 18.9 Å². The molecule has 0 saturated heterocycles. The number of halogens is 4. The van der Waals surface area contributed by atoms with Crippen molar-refractivity contribution in [1.29, 1.82) is 0 Å².